The Morgan fingerprint density at radius 3 is 1.51 bits per heavy atom. The largest absolute Gasteiger partial charge is 0.673 e. The Kier molecular flexibility index (Phi) is 14.0. The molecule has 0 aliphatic carbocycles. The number of carbonyl (C=O) groups is 2. The summed E-state index contributed by atoms with van der Waals surface area (Å²) in [6, 6.07) is 53.1. The van der Waals surface area contributed by atoms with Crippen LogP contribution in [-0.4, -0.2) is 25.2 Å². The summed E-state index contributed by atoms with van der Waals surface area (Å²) in [5.74, 6) is -0.487. The van der Waals surface area contributed by atoms with E-state index in [-0.39, 0.29) is 31.4 Å². The van der Waals surface area contributed by atoms with Crippen LogP contribution in [-0.2, 0) is 29.0 Å². The number of hydrogen-bond donors (Lipinski definition) is 0. The summed E-state index contributed by atoms with van der Waals surface area (Å²) >= 11 is 0. The van der Waals surface area contributed by atoms with Crippen molar-refractivity contribution in [3.05, 3.63) is 169 Å². The molecule has 0 saturated heterocycles. The fourth-order valence-corrected chi connectivity index (χ4v) is 10.0. The average Bonchev–Trinajstić information content (AvgIpc) is 3.79. The van der Waals surface area contributed by atoms with E-state index >= 15 is 0 Å². The zero-order valence-electron chi connectivity index (χ0n) is 26.3. The molecule has 0 bridgehead atoms. The molecule has 0 spiro atoms. The molecule has 0 aromatic heterocycles. The summed E-state index contributed by atoms with van der Waals surface area (Å²) in [6.07, 6.45) is 0. The first-order valence-corrected chi connectivity index (χ1v) is 18.0. The first-order chi connectivity index (χ1) is 22.6. The van der Waals surface area contributed by atoms with E-state index in [2.05, 4.69) is 48.5 Å². The van der Waals surface area contributed by atoms with Crippen molar-refractivity contribution in [3.63, 3.8) is 0 Å². The maximum absolute atomic E-state index is 12.3. The van der Waals surface area contributed by atoms with Gasteiger partial charge in [-0.1, -0.05) is 127 Å². The summed E-state index contributed by atoms with van der Waals surface area (Å²) < 4.78 is 10.4. The van der Waals surface area contributed by atoms with Gasteiger partial charge in [0.15, 0.2) is 0 Å². The van der Waals surface area contributed by atoms with E-state index in [1.165, 1.54) is 21.2 Å². The summed E-state index contributed by atoms with van der Waals surface area (Å²) in [7, 11) is -1.55. The van der Waals surface area contributed by atoms with E-state index < -0.39 is 15.8 Å². The quantitative estimate of drug-likeness (QED) is 0.0681. The van der Waals surface area contributed by atoms with Crippen LogP contribution in [0.2, 0.25) is 0 Å². The fourth-order valence-electron chi connectivity index (χ4n) is 5.14. The van der Waals surface area contributed by atoms with Crippen molar-refractivity contribution in [1.82, 2.24) is 0 Å². The van der Waals surface area contributed by atoms with Gasteiger partial charge in [0, 0.05) is 19.5 Å². The average molecular weight is 744 g/mol. The minimum Gasteiger partial charge on any atom is -0.673 e. The predicted octanol–water partition coefficient (Wildman–Crippen LogP) is 6.68. The molecule has 0 heterocycles. The van der Waals surface area contributed by atoms with Gasteiger partial charge in [-0.25, -0.2) is 12.1 Å². The Morgan fingerprint density at radius 1 is 0.596 bits per heavy atom. The Labute approximate surface area is 292 Å². The summed E-state index contributed by atoms with van der Waals surface area (Å²) in [4.78, 5) is 24.6. The van der Waals surface area contributed by atoms with Gasteiger partial charge < -0.3 is 43.3 Å². The van der Waals surface area contributed by atoms with Gasteiger partial charge in [0.2, 0.25) is 0 Å². The van der Waals surface area contributed by atoms with Crippen LogP contribution < -0.4 is 31.8 Å². The first kappa shape index (κ1) is 35.9. The van der Waals surface area contributed by atoms with Crippen LogP contribution in [0.3, 0.4) is 0 Å². The maximum atomic E-state index is 12.3. The molecule has 0 unspecified atom stereocenters. The third-order valence-electron chi connectivity index (χ3n) is 7.12. The molecule has 0 radical (unpaired) electrons. The van der Waals surface area contributed by atoms with Crippen molar-refractivity contribution in [2.45, 2.75) is 13.8 Å². The van der Waals surface area contributed by atoms with E-state index in [1.807, 2.05) is 123 Å². The Morgan fingerprint density at radius 2 is 1.04 bits per heavy atom. The van der Waals surface area contributed by atoms with E-state index in [4.69, 9.17) is 9.47 Å². The molecule has 0 fully saturated rings. The Hall–Kier alpha value is -4.00. The SMILES string of the molecule is CCOC(=O)[c-]1[cH-][cH-][cH-][c-]1P(c1ccccc1)c1ccccc1.CCOC(=O)[c-]1cccc1P(c1ccccc1)c1ccccc1.[Ru]. The standard InChI is InChI=1S/2C20H18O2P.Ru/c2*1-2-22-20(21)18-14-9-15-19(18)23(16-10-5-3-6-11-16)17-12-7-4-8-13-17;/h2*3-15H,2H2,1H3;/q-5;-1;. The molecule has 0 amide bonds. The van der Waals surface area contributed by atoms with Gasteiger partial charge in [0.25, 0.3) is 5.97 Å². The molecule has 0 saturated carbocycles. The van der Waals surface area contributed by atoms with Crippen LogP contribution in [0.1, 0.15) is 34.6 Å². The number of carbonyl (C=O) groups excluding carboxylic acids is 2. The van der Waals surface area contributed by atoms with E-state index in [1.54, 1.807) is 0 Å². The predicted molar refractivity (Wildman–Crippen MR) is 193 cm³/mol. The summed E-state index contributed by atoms with van der Waals surface area (Å²) in [5.41, 5.74) is 1.34. The van der Waals surface area contributed by atoms with Crippen LogP contribution in [0, 0.1) is 0 Å². The van der Waals surface area contributed by atoms with Gasteiger partial charge in [0.1, 0.15) is 0 Å². The molecule has 6 rings (SSSR count). The van der Waals surface area contributed by atoms with Gasteiger partial charge in [-0.3, -0.25) is 4.79 Å². The number of benzene rings is 4. The van der Waals surface area contributed by atoms with Crippen LogP contribution in [0.15, 0.2) is 158 Å². The van der Waals surface area contributed by atoms with Crippen molar-refractivity contribution in [3.8, 4) is 0 Å². The molecule has 0 N–H and O–H groups in total. The molecule has 7 heteroatoms. The van der Waals surface area contributed by atoms with Crippen molar-refractivity contribution in [2.75, 3.05) is 13.2 Å². The zero-order chi connectivity index (χ0) is 32.1. The molecule has 4 nitrogen and oxygen atoms in total. The normalized spacial score (nSPS) is 10.5. The second-order valence-corrected chi connectivity index (χ2v) is 14.5. The molecule has 47 heavy (non-hydrogen) atoms. The van der Waals surface area contributed by atoms with Crippen molar-refractivity contribution in [2.24, 2.45) is 0 Å². The second-order valence-electron chi connectivity index (χ2n) is 10.1. The minimum absolute atomic E-state index is 0. The number of esters is 2. The fraction of sp³-hybridized carbons (Fsp3) is 0.100. The monoisotopic (exact) mass is 744 g/mol. The van der Waals surface area contributed by atoms with Crippen molar-refractivity contribution >= 4 is 59.6 Å². The molecular weight excluding hydrogens is 707 g/mol. The van der Waals surface area contributed by atoms with Crippen LogP contribution in [0.5, 0.6) is 0 Å². The van der Waals surface area contributed by atoms with Crippen LogP contribution in [0.25, 0.3) is 0 Å². The minimum atomic E-state index is -0.774. The first-order valence-electron chi connectivity index (χ1n) is 15.3. The molecule has 0 aliphatic rings. The molecule has 6 aromatic carbocycles. The third kappa shape index (κ3) is 9.09. The number of ether oxygens (including phenoxy) is 2. The zero-order valence-corrected chi connectivity index (χ0v) is 29.8. The second kappa shape index (κ2) is 18.4. The molecular formula is C40H36O4P2Ru-6. The van der Waals surface area contributed by atoms with E-state index in [0.29, 0.717) is 24.3 Å². The number of rotatable bonds is 10. The van der Waals surface area contributed by atoms with Crippen LogP contribution >= 0.6 is 15.8 Å². The summed E-state index contributed by atoms with van der Waals surface area (Å²) in [6.45, 7) is 4.44. The van der Waals surface area contributed by atoms with Gasteiger partial charge in [-0.15, -0.1) is 5.30 Å². The van der Waals surface area contributed by atoms with Gasteiger partial charge in [-0.2, -0.15) is 14.0 Å². The van der Waals surface area contributed by atoms with E-state index in [0.717, 1.165) is 10.6 Å². The molecule has 0 aliphatic heterocycles. The number of hydrogen-bond acceptors (Lipinski definition) is 4. The Balaban J connectivity index is 0.000000208. The smallest absolute Gasteiger partial charge is 0.281 e. The van der Waals surface area contributed by atoms with Gasteiger partial charge in [-0.05, 0) is 48.6 Å². The Bertz CT molecular complexity index is 1590. The van der Waals surface area contributed by atoms with E-state index in [9.17, 15) is 9.59 Å². The third-order valence-corrected chi connectivity index (χ3v) is 12.1. The molecule has 0 atom stereocenters. The maximum Gasteiger partial charge on any atom is 0.281 e. The van der Waals surface area contributed by atoms with Crippen LogP contribution in [0.4, 0.5) is 0 Å². The van der Waals surface area contributed by atoms with Gasteiger partial charge >= 0.3 is 0 Å². The van der Waals surface area contributed by atoms with Gasteiger partial charge in [0.05, 0.1) is 13.2 Å². The van der Waals surface area contributed by atoms with Crippen molar-refractivity contribution in [1.29, 1.82) is 0 Å². The molecule has 244 valence electrons. The summed E-state index contributed by atoms with van der Waals surface area (Å²) in [5, 5.41) is 7.01. The topological polar surface area (TPSA) is 52.6 Å². The molecule has 6 aromatic rings. The van der Waals surface area contributed by atoms with Crippen molar-refractivity contribution < 1.29 is 38.5 Å².